The van der Waals surface area contributed by atoms with Crippen molar-refractivity contribution < 1.29 is 28.2 Å². The Hall–Kier alpha value is -2.42. The third-order valence-electron chi connectivity index (χ3n) is 9.86. The molecule has 3 aliphatic rings. The summed E-state index contributed by atoms with van der Waals surface area (Å²) >= 11 is 0. The van der Waals surface area contributed by atoms with Crippen LogP contribution in [0.5, 0.6) is 0 Å². The molecular formula is C33H43F3N2O3. The Bertz CT molecular complexity index is 1180. The van der Waals surface area contributed by atoms with Crippen molar-refractivity contribution >= 4 is 5.97 Å². The summed E-state index contributed by atoms with van der Waals surface area (Å²) in [4.78, 5) is 17.0. The average molecular weight is 573 g/mol. The molecule has 2 aromatic carbocycles. The monoisotopic (exact) mass is 572 g/mol. The number of carbonyl (C=O) groups is 1. The quantitative estimate of drug-likeness (QED) is 0.366. The average Bonchev–Trinajstić information content (AvgIpc) is 3.35. The van der Waals surface area contributed by atoms with Crippen molar-refractivity contribution in [1.29, 1.82) is 0 Å². The fourth-order valence-electron chi connectivity index (χ4n) is 7.59. The third-order valence-corrected chi connectivity index (χ3v) is 9.86. The topological polar surface area (TPSA) is 64.0 Å². The number of likely N-dealkylation sites (tertiary alicyclic amines) is 2. The van der Waals surface area contributed by atoms with Crippen LogP contribution in [0.15, 0.2) is 42.5 Å². The van der Waals surface area contributed by atoms with Crippen molar-refractivity contribution in [2.75, 3.05) is 32.7 Å². The highest BCUT2D eigenvalue weighted by atomic mass is 19.2. The van der Waals surface area contributed by atoms with Gasteiger partial charge in [0, 0.05) is 38.6 Å². The van der Waals surface area contributed by atoms with Crippen LogP contribution in [-0.2, 0) is 11.2 Å². The number of hydrogen-bond acceptors (Lipinski definition) is 4. The molecule has 1 unspecified atom stereocenters. The number of aryl methyl sites for hydroxylation is 1. The normalized spacial score (nSPS) is 24.9. The second-order valence-corrected chi connectivity index (χ2v) is 12.7. The lowest BCUT2D eigenvalue weighted by Crippen LogP contribution is -2.47. The van der Waals surface area contributed by atoms with Crippen LogP contribution in [0.4, 0.5) is 13.2 Å². The van der Waals surface area contributed by atoms with Gasteiger partial charge in [-0.15, -0.1) is 0 Å². The molecule has 0 spiro atoms. The number of halogens is 3. The molecule has 2 aromatic rings. The van der Waals surface area contributed by atoms with E-state index < -0.39 is 29.2 Å². The minimum absolute atomic E-state index is 0.0491. The molecule has 2 heterocycles. The molecule has 5 nitrogen and oxygen atoms in total. The van der Waals surface area contributed by atoms with Crippen molar-refractivity contribution in [2.24, 2.45) is 11.8 Å². The Kier molecular flexibility index (Phi) is 9.72. The maximum atomic E-state index is 14.2. The van der Waals surface area contributed by atoms with Gasteiger partial charge in [-0.2, -0.15) is 0 Å². The van der Waals surface area contributed by atoms with Gasteiger partial charge in [0.25, 0.3) is 0 Å². The van der Waals surface area contributed by atoms with E-state index in [0.29, 0.717) is 45.2 Å². The van der Waals surface area contributed by atoms with E-state index in [1.54, 1.807) is 18.2 Å². The Labute approximate surface area is 241 Å². The summed E-state index contributed by atoms with van der Waals surface area (Å²) in [5, 5.41) is 21.5. The molecule has 8 heteroatoms. The fraction of sp³-hybridized carbons (Fsp3) is 0.606. The molecular weight excluding hydrogens is 529 g/mol. The Balaban J connectivity index is 1.20. The molecule has 2 N–H and O–H groups in total. The maximum Gasteiger partial charge on any atom is 0.321 e. The molecule has 2 saturated heterocycles. The number of benzene rings is 2. The van der Waals surface area contributed by atoms with Crippen LogP contribution in [0.3, 0.4) is 0 Å². The molecule has 0 aromatic heterocycles. The summed E-state index contributed by atoms with van der Waals surface area (Å²) in [5.41, 5.74) is 0.872. The van der Waals surface area contributed by atoms with Gasteiger partial charge in [-0.1, -0.05) is 37.5 Å². The van der Waals surface area contributed by atoms with E-state index in [-0.39, 0.29) is 23.6 Å². The first kappa shape index (κ1) is 30.1. The fourth-order valence-corrected chi connectivity index (χ4v) is 7.59. The van der Waals surface area contributed by atoms with Gasteiger partial charge in [-0.05, 0) is 92.2 Å². The van der Waals surface area contributed by atoms with Crippen molar-refractivity contribution in [3.8, 4) is 0 Å². The minimum atomic E-state index is -0.850. The van der Waals surface area contributed by atoms with Crippen LogP contribution >= 0.6 is 0 Å². The molecule has 3 atom stereocenters. The number of rotatable bonds is 10. The van der Waals surface area contributed by atoms with Crippen LogP contribution < -0.4 is 0 Å². The van der Waals surface area contributed by atoms with Gasteiger partial charge in [0.15, 0.2) is 11.6 Å². The predicted octanol–water partition coefficient (Wildman–Crippen LogP) is 6.00. The first-order valence-corrected chi connectivity index (χ1v) is 15.3. The van der Waals surface area contributed by atoms with Gasteiger partial charge in [0.05, 0.1) is 5.60 Å². The van der Waals surface area contributed by atoms with Gasteiger partial charge in [0.2, 0.25) is 0 Å². The van der Waals surface area contributed by atoms with Gasteiger partial charge >= 0.3 is 5.97 Å². The summed E-state index contributed by atoms with van der Waals surface area (Å²) in [7, 11) is 0. The van der Waals surface area contributed by atoms with Crippen LogP contribution in [0.2, 0.25) is 0 Å². The number of hydrogen-bond donors (Lipinski definition) is 2. The molecule has 1 aliphatic carbocycles. The van der Waals surface area contributed by atoms with Gasteiger partial charge in [-0.3, -0.25) is 9.69 Å². The largest absolute Gasteiger partial charge is 0.480 e. The van der Waals surface area contributed by atoms with Crippen LogP contribution in [-0.4, -0.2) is 70.3 Å². The lowest BCUT2D eigenvalue weighted by molar-refractivity contribution is -0.145. The van der Waals surface area contributed by atoms with Crippen LogP contribution in [0, 0.1) is 29.3 Å². The molecule has 2 aliphatic heterocycles. The summed E-state index contributed by atoms with van der Waals surface area (Å²) in [6.45, 7) is 3.53. The van der Waals surface area contributed by atoms with E-state index in [4.69, 9.17) is 0 Å². The molecule has 3 fully saturated rings. The van der Waals surface area contributed by atoms with Crippen molar-refractivity contribution in [2.45, 2.75) is 81.8 Å². The summed E-state index contributed by atoms with van der Waals surface area (Å²) in [6.07, 6.45) is 8.37. The van der Waals surface area contributed by atoms with Gasteiger partial charge in [-0.25, -0.2) is 13.2 Å². The molecule has 1 saturated carbocycles. The van der Waals surface area contributed by atoms with Crippen molar-refractivity contribution in [3.63, 3.8) is 0 Å². The van der Waals surface area contributed by atoms with E-state index >= 15 is 0 Å². The van der Waals surface area contributed by atoms with Crippen LogP contribution in [0.1, 0.15) is 74.8 Å². The standard InChI is InChI=1S/C33H43F3N2O3/c34-27-10-4-9-25(19-27)28-22-38(31(32(39)40)24-7-2-1-3-8-24)21-26(28)20-37-16-14-33(41,15-17-37)13-5-6-23-11-12-29(35)30(36)18-23/h4,9-12,18-19,24,26,28,31,41H,1-3,5-8,13-17,20-22H2,(H,39,40)/t26-,28+,31?/m0/s1. The highest BCUT2D eigenvalue weighted by Crippen LogP contribution is 2.39. The summed E-state index contributed by atoms with van der Waals surface area (Å²) < 4.78 is 41.0. The van der Waals surface area contributed by atoms with E-state index in [9.17, 15) is 28.2 Å². The number of carboxylic acids is 1. The van der Waals surface area contributed by atoms with Crippen LogP contribution in [0.25, 0.3) is 0 Å². The number of carboxylic acid groups (broad SMARTS) is 1. The molecule has 224 valence electrons. The Morgan fingerprint density at radius 2 is 1.73 bits per heavy atom. The smallest absolute Gasteiger partial charge is 0.321 e. The van der Waals surface area contributed by atoms with E-state index in [0.717, 1.165) is 62.5 Å². The zero-order valence-electron chi connectivity index (χ0n) is 23.8. The number of piperidine rings is 1. The molecule has 41 heavy (non-hydrogen) atoms. The van der Waals surface area contributed by atoms with E-state index in [1.807, 2.05) is 6.07 Å². The maximum absolute atomic E-state index is 14.2. The van der Waals surface area contributed by atoms with E-state index in [2.05, 4.69) is 9.80 Å². The summed E-state index contributed by atoms with van der Waals surface area (Å²) in [6, 6.07) is 10.2. The second kappa shape index (κ2) is 13.3. The first-order chi connectivity index (χ1) is 19.7. The molecule has 0 bridgehead atoms. The Morgan fingerprint density at radius 1 is 0.976 bits per heavy atom. The minimum Gasteiger partial charge on any atom is -0.480 e. The lowest BCUT2D eigenvalue weighted by atomic mass is 9.83. The number of nitrogens with zero attached hydrogens (tertiary/aromatic N) is 2. The predicted molar refractivity (Wildman–Crippen MR) is 152 cm³/mol. The highest BCUT2D eigenvalue weighted by Gasteiger charge is 2.44. The molecule has 0 amide bonds. The van der Waals surface area contributed by atoms with E-state index in [1.165, 1.54) is 18.6 Å². The Morgan fingerprint density at radius 3 is 2.41 bits per heavy atom. The SMILES string of the molecule is O=C(O)C(C1CCCCC1)N1C[C@H](CN2CCC(O)(CCCc3ccc(F)c(F)c3)CC2)[C@@H](c2cccc(F)c2)C1. The third kappa shape index (κ3) is 7.51. The van der Waals surface area contributed by atoms with Crippen molar-refractivity contribution in [1.82, 2.24) is 9.80 Å². The number of aliphatic hydroxyl groups is 1. The molecule has 5 rings (SSSR count). The first-order valence-electron chi connectivity index (χ1n) is 15.3. The van der Waals surface area contributed by atoms with Crippen molar-refractivity contribution in [3.05, 3.63) is 71.0 Å². The highest BCUT2D eigenvalue weighted by molar-refractivity contribution is 5.74. The molecule has 0 radical (unpaired) electrons. The summed E-state index contributed by atoms with van der Waals surface area (Å²) in [5.74, 6) is -2.34. The number of aliphatic carboxylic acids is 1. The zero-order chi connectivity index (χ0) is 29.0. The second-order valence-electron chi connectivity index (χ2n) is 12.7. The van der Waals surface area contributed by atoms with Gasteiger partial charge in [0.1, 0.15) is 11.9 Å². The van der Waals surface area contributed by atoms with Gasteiger partial charge < -0.3 is 15.1 Å². The zero-order valence-corrected chi connectivity index (χ0v) is 23.8. The lowest BCUT2D eigenvalue weighted by Gasteiger charge is -2.40.